The monoisotopic (exact) mass is 334 g/mol. The second kappa shape index (κ2) is 6.06. The van der Waals surface area contributed by atoms with Crippen molar-refractivity contribution in [3.8, 4) is 17.1 Å². The van der Waals surface area contributed by atoms with E-state index in [1.54, 1.807) is 6.07 Å². The average Bonchev–Trinajstić information content (AvgIpc) is 3.01. The standard InChI is InChI=1S/C21H15ClO2/c22-18-9-5-4-8-15(18)10-16-12-21-17(11-19(16)23)13-20(24-21)14-6-2-1-3-7-14/h1-9,11-13,23H,10H2. The second-order valence-electron chi connectivity index (χ2n) is 5.76. The largest absolute Gasteiger partial charge is 0.508 e. The first-order chi connectivity index (χ1) is 11.7. The summed E-state index contributed by atoms with van der Waals surface area (Å²) in [6, 6.07) is 23.2. The molecule has 1 N–H and O–H groups in total. The molecule has 0 bridgehead atoms. The maximum absolute atomic E-state index is 10.4. The first kappa shape index (κ1) is 14.9. The molecule has 0 saturated carbocycles. The Kier molecular flexibility index (Phi) is 3.75. The Morgan fingerprint density at radius 1 is 0.833 bits per heavy atom. The van der Waals surface area contributed by atoms with E-state index in [1.807, 2.05) is 66.7 Å². The van der Waals surface area contributed by atoms with E-state index >= 15 is 0 Å². The molecule has 0 amide bonds. The zero-order valence-corrected chi connectivity index (χ0v) is 13.6. The zero-order chi connectivity index (χ0) is 16.5. The summed E-state index contributed by atoms with van der Waals surface area (Å²) in [4.78, 5) is 0. The molecule has 1 aromatic heterocycles. The summed E-state index contributed by atoms with van der Waals surface area (Å²) < 4.78 is 5.97. The van der Waals surface area contributed by atoms with Crippen LogP contribution in [-0.4, -0.2) is 5.11 Å². The summed E-state index contributed by atoms with van der Waals surface area (Å²) in [5, 5.41) is 11.9. The van der Waals surface area contributed by atoms with Gasteiger partial charge in [0.2, 0.25) is 0 Å². The highest BCUT2D eigenvalue weighted by atomic mass is 35.5. The predicted octanol–water partition coefficient (Wildman–Crippen LogP) is 6.05. The third-order valence-electron chi connectivity index (χ3n) is 4.11. The van der Waals surface area contributed by atoms with Crippen LogP contribution in [0.3, 0.4) is 0 Å². The van der Waals surface area contributed by atoms with Gasteiger partial charge in [-0.05, 0) is 29.8 Å². The Bertz CT molecular complexity index is 1000. The molecule has 0 aliphatic carbocycles. The number of hydrogen-bond donors (Lipinski definition) is 1. The normalized spacial score (nSPS) is 11.0. The van der Waals surface area contributed by atoms with Crippen LogP contribution in [-0.2, 0) is 6.42 Å². The summed E-state index contributed by atoms with van der Waals surface area (Å²) in [6.07, 6.45) is 0.558. The van der Waals surface area contributed by atoms with Crippen molar-refractivity contribution in [3.63, 3.8) is 0 Å². The Morgan fingerprint density at radius 3 is 2.38 bits per heavy atom. The van der Waals surface area contributed by atoms with E-state index in [0.717, 1.165) is 33.4 Å². The molecule has 3 aromatic carbocycles. The zero-order valence-electron chi connectivity index (χ0n) is 12.9. The molecule has 0 spiro atoms. The Labute approximate surface area is 144 Å². The predicted molar refractivity (Wildman–Crippen MR) is 97.6 cm³/mol. The molecule has 24 heavy (non-hydrogen) atoms. The van der Waals surface area contributed by atoms with E-state index < -0.39 is 0 Å². The SMILES string of the molecule is Oc1cc2cc(-c3ccccc3)oc2cc1Cc1ccccc1Cl. The number of phenolic OH excluding ortho intramolecular Hbond substituents is 1. The van der Waals surface area contributed by atoms with Gasteiger partial charge in [-0.2, -0.15) is 0 Å². The Balaban J connectivity index is 1.75. The van der Waals surface area contributed by atoms with Crippen molar-refractivity contribution in [2.24, 2.45) is 0 Å². The molecule has 0 atom stereocenters. The van der Waals surface area contributed by atoms with Crippen LogP contribution >= 0.6 is 11.6 Å². The molecule has 0 radical (unpaired) electrons. The highest BCUT2D eigenvalue weighted by molar-refractivity contribution is 6.31. The highest BCUT2D eigenvalue weighted by Gasteiger charge is 2.12. The van der Waals surface area contributed by atoms with Gasteiger partial charge in [-0.15, -0.1) is 0 Å². The van der Waals surface area contributed by atoms with Gasteiger partial charge in [0, 0.05) is 28.0 Å². The van der Waals surface area contributed by atoms with Crippen LogP contribution in [0.4, 0.5) is 0 Å². The van der Waals surface area contributed by atoms with Crippen molar-refractivity contribution in [1.82, 2.24) is 0 Å². The summed E-state index contributed by atoms with van der Waals surface area (Å²) in [5.74, 6) is 1.04. The fourth-order valence-electron chi connectivity index (χ4n) is 2.85. The number of rotatable bonds is 3. The molecule has 0 aliphatic heterocycles. The topological polar surface area (TPSA) is 33.4 Å². The van der Waals surface area contributed by atoms with Gasteiger partial charge in [0.15, 0.2) is 0 Å². The molecule has 0 unspecified atom stereocenters. The van der Waals surface area contributed by atoms with Crippen molar-refractivity contribution >= 4 is 22.6 Å². The fraction of sp³-hybridized carbons (Fsp3) is 0.0476. The third kappa shape index (κ3) is 2.77. The fourth-order valence-corrected chi connectivity index (χ4v) is 3.05. The Hall–Kier alpha value is -2.71. The number of furan rings is 1. The lowest BCUT2D eigenvalue weighted by molar-refractivity contribution is 0.470. The van der Waals surface area contributed by atoms with Crippen molar-refractivity contribution in [2.45, 2.75) is 6.42 Å². The van der Waals surface area contributed by atoms with Gasteiger partial charge < -0.3 is 9.52 Å². The number of aromatic hydroxyl groups is 1. The van der Waals surface area contributed by atoms with Crippen LogP contribution in [0.2, 0.25) is 5.02 Å². The summed E-state index contributed by atoms with van der Waals surface area (Å²) >= 11 is 6.22. The maximum atomic E-state index is 10.4. The minimum atomic E-state index is 0.253. The molecule has 3 heteroatoms. The minimum Gasteiger partial charge on any atom is -0.508 e. The van der Waals surface area contributed by atoms with E-state index in [-0.39, 0.29) is 5.75 Å². The van der Waals surface area contributed by atoms with Gasteiger partial charge in [0.1, 0.15) is 17.1 Å². The lowest BCUT2D eigenvalue weighted by atomic mass is 10.0. The van der Waals surface area contributed by atoms with Gasteiger partial charge in [-0.1, -0.05) is 60.1 Å². The molecular weight excluding hydrogens is 320 g/mol. The van der Waals surface area contributed by atoms with Gasteiger partial charge >= 0.3 is 0 Å². The third-order valence-corrected chi connectivity index (χ3v) is 4.48. The van der Waals surface area contributed by atoms with Gasteiger partial charge in [-0.25, -0.2) is 0 Å². The summed E-state index contributed by atoms with van der Waals surface area (Å²) in [7, 11) is 0. The number of phenols is 1. The number of hydrogen-bond acceptors (Lipinski definition) is 2. The van der Waals surface area contributed by atoms with Crippen molar-refractivity contribution in [2.75, 3.05) is 0 Å². The molecule has 118 valence electrons. The number of fused-ring (bicyclic) bond motifs is 1. The molecular formula is C21H15ClO2. The van der Waals surface area contributed by atoms with Crippen molar-refractivity contribution in [1.29, 1.82) is 0 Å². The smallest absolute Gasteiger partial charge is 0.135 e. The summed E-state index contributed by atoms with van der Waals surface area (Å²) in [5.41, 5.74) is 3.54. The molecule has 4 rings (SSSR count). The average molecular weight is 335 g/mol. The van der Waals surface area contributed by atoms with Crippen LogP contribution in [0.25, 0.3) is 22.3 Å². The molecule has 0 saturated heterocycles. The first-order valence-electron chi connectivity index (χ1n) is 7.75. The van der Waals surface area contributed by atoms with E-state index in [4.69, 9.17) is 16.0 Å². The minimum absolute atomic E-state index is 0.253. The maximum Gasteiger partial charge on any atom is 0.135 e. The lowest BCUT2D eigenvalue weighted by Gasteiger charge is -2.06. The number of benzene rings is 3. The summed E-state index contributed by atoms with van der Waals surface area (Å²) in [6.45, 7) is 0. The highest BCUT2D eigenvalue weighted by Crippen LogP contribution is 2.33. The number of halogens is 1. The van der Waals surface area contributed by atoms with E-state index in [9.17, 15) is 5.11 Å². The van der Waals surface area contributed by atoms with Crippen LogP contribution in [0.15, 0.2) is 77.2 Å². The van der Waals surface area contributed by atoms with Gasteiger partial charge in [0.25, 0.3) is 0 Å². The molecule has 4 aromatic rings. The van der Waals surface area contributed by atoms with Crippen molar-refractivity contribution < 1.29 is 9.52 Å². The van der Waals surface area contributed by atoms with Gasteiger partial charge in [-0.3, -0.25) is 0 Å². The van der Waals surface area contributed by atoms with Crippen LogP contribution in [0, 0.1) is 0 Å². The first-order valence-corrected chi connectivity index (χ1v) is 8.13. The van der Waals surface area contributed by atoms with Gasteiger partial charge in [0.05, 0.1) is 0 Å². The Morgan fingerprint density at radius 2 is 1.58 bits per heavy atom. The molecule has 0 aliphatic rings. The molecule has 2 nitrogen and oxygen atoms in total. The lowest BCUT2D eigenvalue weighted by Crippen LogP contribution is -1.90. The quantitative estimate of drug-likeness (QED) is 0.494. The second-order valence-corrected chi connectivity index (χ2v) is 6.17. The van der Waals surface area contributed by atoms with Crippen molar-refractivity contribution in [3.05, 3.63) is 88.9 Å². The van der Waals surface area contributed by atoms with E-state index in [0.29, 0.717) is 11.4 Å². The molecule has 1 heterocycles. The molecule has 0 fully saturated rings. The van der Waals surface area contributed by atoms with Crippen LogP contribution in [0.1, 0.15) is 11.1 Å². The van der Waals surface area contributed by atoms with Crippen LogP contribution < -0.4 is 0 Å². The van der Waals surface area contributed by atoms with E-state index in [1.165, 1.54) is 0 Å². The van der Waals surface area contributed by atoms with E-state index in [2.05, 4.69) is 0 Å². The van der Waals surface area contributed by atoms with Crippen LogP contribution in [0.5, 0.6) is 5.75 Å².